The zero-order valence-corrected chi connectivity index (χ0v) is 24.1. The standard InChI is InChI=1S/C27H37N3O6S2/c1-20-5-8-23(19-25(20)38(34,35)30-15-17-36-18-16-30)28-26(31)21-11-13-29(14-12-21)37(32,33)24-9-6-22(7-10-24)27(2,3)4/h5-10,19,21H,11-18H2,1-4H3,(H,28,31). The topological polar surface area (TPSA) is 113 Å². The highest BCUT2D eigenvalue weighted by Gasteiger charge is 2.33. The Bertz CT molecular complexity index is 1370. The number of benzene rings is 2. The lowest BCUT2D eigenvalue weighted by Gasteiger charge is -2.31. The van der Waals surface area contributed by atoms with Gasteiger partial charge in [-0.05, 0) is 60.6 Å². The van der Waals surface area contributed by atoms with Crippen molar-refractivity contribution in [2.75, 3.05) is 44.7 Å². The second-order valence-corrected chi connectivity index (χ2v) is 14.8. The van der Waals surface area contributed by atoms with Crippen LogP contribution in [0.1, 0.15) is 44.7 Å². The Kier molecular flexibility index (Phi) is 8.34. The maximum Gasteiger partial charge on any atom is 0.243 e. The van der Waals surface area contributed by atoms with Gasteiger partial charge in [-0.25, -0.2) is 16.8 Å². The zero-order valence-electron chi connectivity index (χ0n) is 22.4. The molecule has 0 atom stereocenters. The van der Waals surface area contributed by atoms with E-state index < -0.39 is 20.0 Å². The van der Waals surface area contributed by atoms with Gasteiger partial charge in [-0.1, -0.05) is 39.0 Å². The zero-order chi connectivity index (χ0) is 27.7. The minimum atomic E-state index is -3.71. The molecule has 0 unspecified atom stereocenters. The third kappa shape index (κ3) is 6.12. The number of amides is 1. The maximum absolute atomic E-state index is 13.2. The van der Waals surface area contributed by atoms with Gasteiger partial charge < -0.3 is 10.1 Å². The predicted octanol–water partition coefficient (Wildman–Crippen LogP) is 3.35. The van der Waals surface area contributed by atoms with E-state index in [1.54, 1.807) is 31.2 Å². The summed E-state index contributed by atoms with van der Waals surface area (Å²) in [7, 11) is -7.36. The van der Waals surface area contributed by atoms with E-state index in [2.05, 4.69) is 26.1 Å². The fourth-order valence-corrected chi connectivity index (χ4v) is 7.89. The minimum Gasteiger partial charge on any atom is -0.379 e. The van der Waals surface area contributed by atoms with Crippen molar-refractivity contribution in [3.05, 3.63) is 53.6 Å². The van der Waals surface area contributed by atoms with Crippen LogP contribution in [-0.4, -0.2) is 70.7 Å². The van der Waals surface area contributed by atoms with E-state index in [4.69, 9.17) is 4.74 Å². The molecule has 11 heteroatoms. The summed E-state index contributed by atoms with van der Waals surface area (Å²) in [4.78, 5) is 13.4. The van der Waals surface area contributed by atoms with E-state index in [0.29, 0.717) is 50.4 Å². The number of sulfonamides is 2. The highest BCUT2D eigenvalue weighted by Crippen LogP contribution is 2.29. The van der Waals surface area contributed by atoms with E-state index in [1.165, 1.54) is 14.7 Å². The summed E-state index contributed by atoms with van der Waals surface area (Å²) < 4.78 is 60.8. The molecule has 208 valence electrons. The van der Waals surface area contributed by atoms with Crippen molar-refractivity contribution in [2.45, 2.75) is 55.7 Å². The molecule has 2 aliphatic heterocycles. The van der Waals surface area contributed by atoms with Gasteiger partial charge in [0, 0.05) is 37.8 Å². The molecule has 2 aliphatic rings. The maximum atomic E-state index is 13.2. The van der Waals surface area contributed by atoms with Crippen LogP contribution >= 0.6 is 0 Å². The molecule has 0 spiro atoms. The first-order chi connectivity index (χ1) is 17.8. The van der Waals surface area contributed by atoms with Gasteiger partial charge >= 0.3 is 0 Å². The molecule has 2 aromatic rings. The monoisotopic (exact) mass is 563 g/mol. The largest absolute Gasteiger partial charge is 0.379 e. The number of hydrogen-bond donors (Lipinski definition) is 1. The summed E-state index contributed by atoms with van der Waals surface area (Å²) in [5.74, 6) is -0.611. The molecule has 2 saturated heterocycles. The number of nitrogens with zero attached hydrogens (tertiary/aromatic N) is 2. The first-order valence-electron chi connectivity index (χ1n) is 12.9. The number of hydrogen-bond acceptors (Lipinski definition) is 6. The van der Waals surface area contributed by atoms with Crippen molar-refractivity contribution in [1.29, 1.82) is 0 Å². The first kappa shape index (κ1) is 28.7. The summed E-state index contributed by atoms with van der Waals surface area (Å²) in [6.45, 7) is 9.73. The third-order valence-electron chi connectivity index (χ3n) is 7.23. The highest BCUT2D eigenvalue weighted by molar-refractivity contribution is 7.89. The van der Waals surface area contributed by atoms with Gasteiger partial charge in [-0.2, -0.15) is 8.61 Å². The normalized spacial score (nSPS) is 18.8. The van der Waals surface area contributed by atoms with Crippen molar-refractivity contribution in [1.82, 2.24) is 8.61 Å². The smallest absolute Gasteiger partial charge is 0.243 e. The lowest BCUT2D eigenvalue weighted by Crippen LogP contribution is -2.41. The number of ether oxygens (including phenoxy) is 1. The molecule has 2 aromatic carbocycles. The molecule has 38 heavy (non-hydrogen) atoms. The molecule has 0 aromatic heterocycles. The molecule has 1 amide bonds. The molecular weight excluding hydrogens is 526 g/mol. The van der Waals surface area contributed by atoms with E-state index in [-0.39, 0.29) is 40.1 Å². The minimum absolute atomic E-state index is 0.0705. The Balaban J connectivity index is 1.40. The van der Waals surface area contributed by atoms with Crippen molar-refractivity contribution in [3.63, 3.8) is 0 Å². The number of piperidine rings is 1. The van der Waals surface area contributed by atoms with Gasteiger partial charge in [-0.15, -0.1) is 0 Å². The Hall–Kier alpha value is -2.31. The lowest BCUT2D eigenvalue weighted by molar-refractivity contribution is -0.120. The Morgan fingerprint density at radius 3 is 2.03 bits per heavy atom. The predicted molar refractivity (Wildman–Crippen MR) is 146 cm³/mol. The van der Waals surface area contributed by atoms with Gasteiger partial charge in [-0.3, -0.25) is 4.79 Å². The first-order valence-corrected chi connectivity index (χ1v) is 15.8. The van der Waals surface area contributed by atoms with Crippen LogP contribution in [0.2, 0.25) is 0 Å². The molecule has 4 rings (SSSR count). The Morgan fingerprint density at radius 2 is 1.45 bits per heavy atom. The molecular formula is C27H37N3O6S2. The molecule has 0 bridgehead atoms. The number of morpholine rings is 1. The second kappa shape index (κ2) is 11.1. The molecule has 0 radical (unpaired) electrons. The van der Waals surface area contributed by atoms with Crippen molar-refractivity contribution >= 4 is 31.6 Å². The van der Waals surface area contributed by atoms with Crippen LogP contribution in [-0.2, 0) is 35.0 Å². The summed E-state index contributed by atoms with van der Waals surface area (Å²) >= 11 is 0. The SMILES string of the molecule is Cc1ccc(NC(=O)C2CCN(S(=O)(=O)c3ccc(C(C)(C)C)cc3)CC2)cc1S(=O)(=O)N1CCOCC1. The number of aryl methyl sites for hydroxylation is 1. The molecule has 2 heterocycles. The van der Waals surface area contributed by atoms with Crippen molar-refractivity contribution in [2.24, 2.45) is 5.92 Å². The lowest BCUT2D eigenvalue weighted by atomic mass is 9.87. The molecule has 2 fully saturated rings. The fourth-order valence-electron chi connectivity index (χ4n) is 4.76. The van der Waals surface area contributed by atoms with Gasteiger partial charge in [0.2, 0.25) is 26.0 Å². The molecule has 1 N–H and O–H groups in total. The fraction of sp³-hybridized carbons (Fsp3) is 0.519. The van der Waals surface area contributed by atoms with Crippen LogP contribution in [0, 0.1) is 12.8 Å². The quantitative estimate of drug-likeness (QED) is 0.577. The van der Waals surface area contributed by atoms with E-state index in [0.717, 1.165) is 5.56 Å². The summed E-state index contributed by atoms with van der Waals surface area (Å²) in [5, 5.41) is 2.85. The van der Waals surface area contributed by atoms with Gasteiger partial charge in [0.15, 0.2) is 0 Å². The Morgan fingerprint density at radius 1 is 0.868 bits per heavy atom. The number of rotatable bonds is 6. The average Bonchev–Trinajstić information content (AvgIpc) is 2.90. The van der Waals surface area contributed by atoms with Crippen LogP contribution in [0.5, 0.6) is 0 Å². The van der Waals surface area contributed by atoms with Crippen LogP contribution in [0.4, 0.5) is 5.69 Å². The number of carbonyl (C=O) groups is 1. The van der Waals surface area contributed by atoms with Crippen LogP contribution in [0.3, 0.4) is 0 Å². The van der Waals surface area contributed by atoms with Gasteiger partial charge in [0.25, 0.3) is 0 Å². The molecule has 0 saturated carbocycles. The van der Waals surface area contributed by atoms with E-state index >= 15 is 0 Å². The third-order valence-corrected chi connectivity index (χ3v) is 11.2. The number of carbonyl (C=O) groups excluding carboxylic acids is 1. The van der Waals surface area contributed by atoms with Crippen LogP contribution in [0.15, 0.2) is 52.3 Å². The van der Waals surface area contributed by atoms with E-state index in [1.807, 2.05) is 12.1 Å². The number of nitrogens with one attached hydrogen (secondary N) is 1. The van der Waals surface area contributed by atoms with E-state index in [9.17, 15) is 21.6 Å². The molecule has 0 aliphatic carbocycles. The van der Waals surface area contributed by atoms with Crippen LogP contribution < -0.4 is 5.32 Å². The summed E-state index contributed by atoms with van der Waals surface area (Å²) in [6.07, 6.45) is 0.770. The second-order valence-electron chi connectivity index (χ2n) is 10.9. The summed E-state index contributed by atoms with van der Waals surface area (Å²) in [6, 6.07) is 11.9. The highest BCUT2D eigenvalue weighted by atomic mass is 32.2. The molecule has 9 nitrogen and oxygen atoms in total. The number of anilines is 1. The van der Waals surface area contributed by atoms with Crippen LogP contribution in [0.25, 0.3) is 0 Å². The van der Waals surface area contributed by atoms with Crippen molar-refractivity contribution < 1.29 is 26.4 Å². The van der Waals surface area contributed by atoms with Gasteiger partial charge in [0.1, 0.15) is 0 Å². The Labute approximate surface area is 226 Å². The van der Waals surface area contributed by atoms with Gasteiger partial charge in [0.05, 0.1) is 23.0 Å². The summed E-state index contributed by atoms with van der Waals surface area (Å²) in [5.41, 5.74) is 1.99. The average molecular weight is 564 g/mol. The van der Waals surface area contributed by atoms with Crippen molar-refractivity contribution in [3.8, 4) is 0 Å².